The number of amides is 1. The van der Waals surface area contributed by atoms with E-state index in [1.165, 1.54) is 0 Å². The van der Waals surface area contributed by atoms with Gasteiger partial charge in [-0.2, -0.15) is 0 Å². The zero-order valence-electron chi connectivity index (χ0n) is 11.7. The third kappa shape index (κ3) is 3.13. The highest BCUT2D eigenvalue weighted by molar-refractivity contribution is 9.10. The van der Waals surface area contributed by atoms with E-state index in [9.17, 15) is 14.4 Å². The zero-order valence-corrected chi connectivity index (χ0v) is 14.1. The number of likely N-dealkylation sites (tertiary alicyclic amines) is 1. The van der Waals surface area contributed by atoms with E-state index >= 15 is 0 Å². The van der Waals surface area contributed by atoms with Crippen LogP contribution in [0, 0.1) is 0 Å². The van der Waals surface area contributed by atoms with E-state index in [1.54, 1.807) is 12.1 Å². The van der Waals surface area contributed by atoms with E-state index < -0.39 is 6.04 Å². The van der Waals surface area contributed by atoms with Crippen molar-refractivity contribution < 1.29 is 18.8 Å². The summed E-state index contributed by atoms with van der Waals surface area (Å²) in [5.41, 5.74) is 0. The van der Waals surface area contributed by atoms with Gasteiger partial charge in [-0.15, -0.1) is 0 Å². The second-order valence-electron chi connectivity index (χ2n) is 5.30. The number of ketones is 1. The SMILES string of the molecule is O=C(NC1CCCCN1C1C(=O)CSC1=O)c1ccc(Br)o1. The molecule has 2 fully saturated rings. The number of thioether (sulfide) groups is 1. The van der Waals surface area contributed by atoms with E-state index in [-0.39, 0.29) is 34.5 Å². The Labute approximate surface area is 140 Å². The number of piperidine rings is 1. The summed E-state index contributed by atoms with van der Waals surface area (Å²) < 4.78 is 5.72. The van der Waals surface area contributed by atoms with Gasteiger partial charge < -0.3 is 9.73 Å². The van der Waals surface area contributed by atoms with Crippen LogP contribution in [0.25, 0.3) is 0 Å². The van der Waals surface area contributed by atoms with Gasteiger partial charge in [0.1, 0.15) is 6.04 Å². The fourth-order valence-corrected chi connectivity index (χ4v) is 4.00. The van der Waals surface area contributed by atoms with Crippen molar-refractivity contribution in [1.82, 2.24) is 10.2 Å². The lowest BCUT2D eigenvalue weighted by atomic mass is 10.0. The number of carbonyl (C=O) groups is 3. The molecule has 2 aliphatic rings. The molecule has 22 heavy (non-hydrogen) atoms. The predicted molar refractivity (Wildman–Crippen MR) is 84.5 cm³/mol. The highest BCUT2D eigenvalue weighted by Crippen LogP contribution is 2.27. The van der Waals surface area contributed by atoms with Crippen molar-refractivity contribution in [2.24, 2.45) is 0 Å². The molecule has 118 valence electrons. The van der Waals surface area contributed by atoms with E-state index in [0.29, 0.717) is 11.2 Å². The molecule has 0 aromatic carbocycles. The van der Waals surface area contributed by atoms with E-state index in [0.717, 1.165) is 31.0 Å². The third-order valence-corrected chi connectivity index (χ3v) is 5.22. The van der Waals surface area contributed by atoms with Crippen molar-refractivity contribution in [1.29, 1.82) is 0 Å². The predicted octanol–water partition coefficient (Wildman–Crippen LogP) is 1.79. The van der Waals surface area contributed by atoms with E-state index in [2.05, 4.69) is 21.2 Å². The summed E-state index contributed by atoms with van der Waals surface area (Å²) >= 11 is 4.22. The lowest BCUT2D eigenvalue weighted by Crippen LogP contribution is -2.57. The molecular formula is C14H15BrN2O4S. The normalized spacial score (nSPS) is 26.4. The first kappa shape index (κ1) is 15.8. The highest BCUT2D eigenvalue weighted by Gasteiger charge is 2.42. The molecule has 0 radical (unpaired) electrons. The van der Waals surface area contributed by atoms with Gasteiger partial charge in [0.25, 0.3) is 5.91 Å². The monoisotopic (exact) mass is 386 g/mol. The minimum absolute atomic E-state index is 0.0723. The van der Waals surface area contributed by atoms with Gasteiger partial charge >= 0.3 is 0 Å². The largest absolute Gasteiger partial charge is 0.444 e. The van der Waals surface area contributed by atoms with Gasteiger partial charge in [0.15, 0.2) is 16.2 Å². The Morgan fingerprint density at radius 3 is 2.82 bits per heavy atom. The Hall–Kier alpha value is -1.12. The molecule has 2 atom stereocenters. The molecule has 3 rings (SSSR count). The summed E-state index contributed by atoms with van der Waals surface area (Å²) in [5, 5.41) is 2.76. The van der Waals surface area contributed by atoms with Crippen molar-refractivity contribution in [3.8, 4) is 0 Å². The average molecular weight is 387 g/mol. The van der Waals surface area contributed by atoms with Gasteiger partial charge in [0.05, 0.1) is 11.9 Å². The summed E-state index contributed by atoms with van der Waals surface area (Å²) in [5.74, 6) is 0.0205. The van der Waals surface area contributed by atoms with Gasteiger partial charge in [-0.1, -0.05) is 11.8 Å². The maximum atomic E-state index is 12.2. The molecule has 8 heteroatoms. The van der Waals surface area contributed by atoms with Gasteiger partial charge in [0, 0.05) is 6.54 Å². The Bertz CT molecular complexity index is 602. The first-order chi connectivity index (χ1) is 10.6. The van der Waals surface area contributed by atoms with Crippen molar-refractivity contribution in [3.63, 3.8) is 0 Å². The molecule has 2 saturated heterocycles. The third-order valence-electron chi connectivity index (χ3n) is 3.86. The highest BCUT2D eigenvalue weighted by atomic mass is 79.9. The molecule has 0 saturated carbocycles. The molecule has 1 aromatic heterocycles. The van der Waals surface area contributed by atoms with Crippen molar-refractivity contribution in [2.75, 3.05) is 12.3 Å². The minimum Gasteiger partial charge on any atom is -0.444 e. The average Bonchev–Trinajstić information content (AvgIpc) is 3.06. The van der Waals surface area contributed by atoms with E-state index in [4.69, 9.17) is 4.42 Å². The van der Waals surface area contributed by atoms with Crippen LogP contribution < -0.4 is 5.32 Å². The van der Waals surface area contributed by atoms with Crippen molar-refractivity contribution in [3.05, 3.63) is 22.6 Å². The molecule has 3 heterocycles. The molecule has 0 bridgehead atoms. The Morgan fingerprint density at radius 1 is 1.36 bits per heavy atom. The summed E-state index contributed by atoms with van der Waals surface area (Å²) in [7, 11) is 0. The van der Waals surface area contributed by atoms with Crippen LogP contribution in [0.2, 0.25) is 0 Å². The summed E-state index contributed by atoms with van der Waals surface area (Å²) in [6.07, 6.45) is 2.27. The van der Waals surface area contributed by atoms with Crippen LogP contribution in [-0.4, -0.2) is 46.2 Å². The van der Waals surface area contributed by atoms with Crippen LogP contribution >= 0.6 is 27.7 Å². The molecule has 1 aromatic rings. The van der Waals surface area contributed by atoms with Gasteiger partial charge in [-0.05, 0) is 47.3 Å². The minimum atomic E-state index is -0.723. The van der Waals surface area contributed by atoms with Crippen molar-refractivity contribution >= 4 is 44.5 Å². The summed E-state index contributed by atoms with van der Waals surface area (Å²) in [6.45, 7) is 0.634. The fraction of sp³-hybridized carbons (Fsp3) is 0.500. The Balaban J connectivity index is 1.74. The number of halogens is 1. The number of carbonyl (C=O) groups excluding carboxylic acids is 3. The second kappa shape index (κ2) is 6.55. The number of Topliss-reactive ketones (excluding diaryl/α,β-unsaturated/α-hetero) is 1. The Morgan fingerprint density at radius 2 is 2.18 bits per heavy atom. The molecule has 0 aliphatic carbocycles. The second-order valence-corrected chi connectivity index (χ2v) is 7.06. The number of nitrogens with one attached hydrogen (secondary N) is 1. The molecule has 2 unspecified atom stereocenters. The maximum absolute atomic E-state index is 12.2. The van der Waals surface area contributed by atoms with Crippen LogP contribution in [0.3, 0.4) is 0 Å². The van der Waals surface area contributed by atoms with Crippen LogP contribution in [0.4, 0.5) is 0 Å². The molecule has 0 spiro atoms. The number of furan rings is 1. The topological polar surface area (TPSA) is 79.6 Å². The standard InChI is InChI=1S/C14H15BrN2O4S/c15-10-5-4-9(21-10)13(19)16-11-3-1-2-6-17(11)12-8(18)7-22-14(12)20/h4-5,11-12H,1-3,6-7H2,(H,16,19). The molecular weight excluding hydrogens is 372 g/mol. The van der Waals surface area contributed by atoms with Crippen LogP contribution in [0.15, 0.2) is 21.2 Å². The first-order valence-corrected chi connectivity index (χ1v) is 8.85. The van der Waals surface area contributed by atoms with Gasteiger partial charge in [-0.25, -0.2) is 0 Å². The van der Waals surface area contributed by atoms with E-state index in [1.807, 2.05) is 4.90 Å². The smallest absolute Gasteiger partial charge is 0.288 e. The van der Waals surface area contributed by atoms with Crippen LogP contribution in [0.1, 0.15) is 29.8 Å². The number of rotatable bonds is 3. The summed E-state index contributed by atoms with van der Waals surface area (Å²) in [6, 6.07) is 2.50. The zero-order chi connectivity index (χ0) is 15.7. The fourth-order valence-electron chi connectivity index (χ4n) is 2.83. The van der Waals surface area contributed by atoms with Crippen LogP contribution in [0.5, 0.6) is 0 Å². The molecule has 1 N–H and O–H groups in total. The lowest BCUT2D eigenvalue weighted by Gasteiger charge is -2.38. The number of hydrogen-bond donors (Lipinski definition) is 1. The lowest BCUT2D eigenvalue weighted by molar-refractivity contribution is -0.129. The molecule has 2 aliphatic heterocycles. The van der Waals surface area contributed by atoms with Gasteiger partial charge in [-0.3, -0.25) is 19.3 Å². The van der Waals surface area contributed by atoms with Crippen molar-refractivity contribution in [2.45, 2.75) is 31.5 Å². The number of nitrogens with zero attached hydrogens (tertiary/aromatic N) is 1. The maximum Gasteiger partial charge on any atom is 0.288 e. The first-order valence-electron chi connectivity index (χ1n) is 7.07. The summed E-state index contributed by atoms with van der Waals surface area (Å²) in [4.78, 5) is 38.0. The molecule has 6 nitrogen and oxygen atoms in total. The quantitative estimate of drug-likeness (QED) is 0.797. The van der Waals surface area contributed by atoms with Crippen LogP contribution in [-0.2, 0) is 9.59 Å². The molecule has 1 amide bonds. The van der Waals surface area contributed by atoms with Gasteiger partial charge in [0.2, 0.25) is 5.12 Å². The number of hydrogen-bond acceptors (Lipinski definition) is 6. The Kier molecular flexibility index (Phi) is 4.70.